The zero-order valence-electron chi connectivity index (χ0n) is 16.2. The van der Waals surface area contributed by atoms with Crippen LogP contribution in [-0.4, -0.2) is 41.5 Å². The highest BCUT2D eigenvalue weighted by Gasteiger charge is 2.10. The number of amides is 1. The molecule has 2 aromatic rings. The molecule has 0 atom stereocenters. The number of nitrogens with one attached hydrogen (secondary N) is 2. The molecule has 0 spiro atoms. The van der Waals surface area contributed by atoms with Crippen LogP contribution in [-0.2, 0) is 24.9 Å². The fraction of sp³-hybridized carbons (Fsp3) is 0.400. The van der Waals surface area contributed by atoms with Gasteiger partial charge in [-0.05, 0) is 18.6 Å². The summed E-state index contributed by atoms with van der Waals surface area (Å²) in [6.07, 6.45) is 2.23. The van der Waals surface area contributed by atoms with Gasteiger partial charge < -0.3 is 20.1 Å². The maximum absolute atomic E-state index is 12.0. The molecule has 0 radical (unpaired) electrons. The maximum atomic E-state index is 12.0. The Labute approximate surface area is 166 Å². The Balaban J connectivity index is 1.84. The lowest BCUT2D eigenvalue weighted by molar-refractivity contribution is -0.121. The summed E-state index contributed by atoms with van der Waals surface area (Å²) in [5.41, 5.74) is 2.18. The topological polar surface area (TPSA) is 61.7 Å². The molecule has 0 saturated carbocycles. The molecule has 2 N–H and O–H groups in total. The first-order chi connectivity index (χ1) is 13.0. The van der Waals surface area contributed by atoms with Gasteiger partial charge in [0, 0.05) is 45.5 Å². The van der Waals surface area contributed by atoms with Gasteiger partial charge in [-0.1, -0.05) is 41.9 Å². The predicted molar refractivity (Wildman–Crippen MR) is 111 cm³/mol. The molecule has 0 aliphatic heterocycles. The average molecular weight is 390 g/mol. The summed E-state index contributed by atoms with van der Waals surface area (Å²) in [5, 5.41) is 6.91. The molecule has 2 rings (SSSR count). The van der Waals surface area contributed by atoms with Gasteiger partial charge >= 0.3 is 0 Å². The highest BCUT2D eigenvalue weighted by atomic mass is 35.5. The number of aliphatic imine (C=N–C) groups is 1. The monoisotopic (exact) mass is 389 g/mol. The largest absolute Gasteiger partial charge is 0.357 e. The first-order valence-corrected chi connectivity index (χ1v) is 9.48. The van der Waals surface area contributed by atoms with Gasteiger partial charge in [0.1, 0.15) is 0 Å². The predicted octanol–water partition coefficient (Wildman–Crippen LogP) is 2.78. The van der Waals surface area contributed by atoms with E-state index in [2.05, 4.69) is 15.6 Å². The summed E-state index contributed by atoms with van der Waals surface area (Å²) in [5.74, 6) is 0.765. The number of benzene rings is 1. The third-order valence-electron chi connectivity index (χ3n) is 4.10. The van der Waals surface area contributed by atoms with Crippen LogP contribution in [0.4, 0.5) is 0 Å². The molecule has 7 heteroatoms. The second-order valence-corrected chi connectivity index (χ2v) is 6.80. The number of carbonyl (C=O) groups is 1. The number of hydrogen-bond donors (Lipinski definition) is 2. The van der Waals surface area contributed by atoms with E-state index in [0.29, 0.717) is 26.1 Å². The van der Waals surface area contributed by atoms with E-state index in [1.165, 1.54) is 0 Å². The molecule has 0 saturated heterocycles. The van der Waals surface area contributed by atoms with Crippen molar-refractivity contribution >= 4 is 23.5 Å². The summed E-state index contributed by atoms with van der Waals surface area (Å²) in [6.45, 7) is 4.43. The zero-order chi connectivity index (χ0) is 19.6. The molecule has 27 heavy (non-hydrogen) atoms. The summed E-state index contributed by atoms with van der Waals surface area (Å²) < 4.78 is 2.00. The molecule has 0 aliphatic rings. The van der Waals surface area contributed by atoms with E-state index in [9.17, 15) is 4.79 Å². The fourth-order valence-corrected chi connectivity index (χ4v) is 2.93. The summed E-state index contributed by atoms with van der Waals surface area (Å²) in [6, 6.07) is 11.8. The van der Waals surface area contributed by atoms with Crippen molar-refractivity contribution < 1.29 is 4.79 Å². The van der Waals surface area contributed by atoms with Crippen molar-refractivity contribution in [3.63, 3.8) is 0 Å². The van der Waals surface area contributed by atoms with E-state index >= 15 is 0 Å². The normalized spacial score (nSPS) is 11.3. The first kappa shape index (κ1) is 20.8. The maximum Gasteiger partial charge on any atom is 0.222 e. The zero-order valence-corrected chi connectivity index (χ0v) is 17.0. The van der Waals surface area contributed by atoms with Gasteiger partial charge in [0.05, 0.1) is 18.1 Å². The summed E-state index contributed by atoms with van der Waals surface area (Å²) >= 11 is 6.05. The van der Waals surface area contributed by atoms with Crippen LogP contribution in [0.1, 0.15) is 24.6 Å². The number of halogens is 1. The third kappa shape index (κ3) is 6.98. The number of aryl methyl sites for hydroxylation is 1. The van der Waals surface area contributed by atoms with Crippen LogP contribution >= 0.6 is 11.6 Å². The standard InChI is InChI=1S/C20H28ClN5O/c1-4-22-20(26(3)15-18-12-17(21)14-25(18)2)23-11-10-19(27)24-13-16-8-6-5-7-9-16/h5-9,12,14H,4,10-11,13,15H2,1-3H3,(H,22,23)(H,24,27). The highest BCUT2D eigenvalue weighted by Crippen LogP contribution is 2.14. The Hall–Kier alpha value is -2.47. The Kier molecular flexibility index (Phi) is 8.20. The van der Waals surface area contributed by atoms with Gasteiger partial charge in [0.15, 0.2) is 5.96 Å². The van der Waals surface area contributed by atoms with Crippen molar-refractivity contribution in [3.05, 3.63) is 58.9 Å². The van der Waals surface area contributed by atoms with Crippen molar-refractivity contribution in [2.75, 3.05) is 20.1 Å². The molecule has 0 fully saturated rings. The highest BCUT2D eigenvalue weighted by molar-refractivity contribution is 6.30. The van der Waals surface area contributed by atoms with Crippen molar-refractivity contribution in [3.8, 4) is 0 Å². The third-order valence-corrected chi connectivity index (χ3v) is 4.31. The van der Waals surface area contributed by atoms with Crippen molar-refractivity contribution in [2.24, 2.45) is 12.0 Å². The van der Waals surface area contributed by atoms with Gasteiger partial charge in [0.25, 0.3) is 0 Å². The van der Waals surface area contributed by atoms with Crippen LogP contribution in [0.2, 0.25) is 5.02 Å². The molecule has 1 amide bonds. The molecular weight excluding hydrogens is 362 g/mol. The van der Waals surface area contributed by atoms with Crippen molar-refractivity contribution in [1.82, 2.24) is 20.1 Å². The van der Waals surface area contributed by atoms with Gasteiger partial charge in [-0.3, -0.25) is 9.79 Å². The van der Waals surface area contributed by atoms with Crippen LogP contribution < -0.4 is 10.6 Å². The van der Waals surface area contributed by atoms with Gasteiger partial charge in [-0.25, -0.2) is 0 Å². The number of aromatic nitrogens is 1. The second-order valence-electron chi connectivity index (χ2n) is 6.36. The van der Waals surface area contributed by atoms with E-state index in [4.69, 9.17) is 11.6 Å². The van der Waals surface area contributed by atoms with Crippen LogP contribution in [0, 0.1) is 0 Å². The number of guanidine groups is 1. The van der Waals surface area contributed by atoms with Crippen LogP contribution in [0.25, 0.3) is 0 Å². The van der Waals surface area contributed by atoms with Crippen molar-refractivity contribution in [2.45, 2.75) is 26.4 Å². The van der Waals surface area contributed by atoms with E-state index in [1.807, 2.05) is 73.1 Å². The van der Waals surface area contributed by atoms with E-state index in [1.54, 1.807) is 0 Å². The van der Waals surface area contributed by atoms with Crippen LogP contribution in [0.5, 0.6) is 0 Å². The van der Waals surface area contributed by atoms with Crippen LogP contribution in [0.3, 0.4) is 0 Å². The molecule has 146 valence electrons. The number of hydrogen-bond acceptors (Lipinski definition) is 2. The molecule has 1 aromatic carbocycles. The quantitative estimate of drug-likeness (QED) is 0.539. The number of carbonyl (C=O) groups excluding carboxylic acids is 1. The molecule has 1 aromatic heterocycles. The second kappa shape index (κ2) is 10.6. The van der Waals surface area contributed by atoms with E-state index in [0.717, 1.165) is 28.8 Å². The SMILES string of the molecule is CCNC(=NCCC(=O)NCc1ccccc1)N(C)Cc1cc(Cl)cn1C. The Morgan fingerprint density at radius 2 is 2.00 bits per heavy atom. The molecule has 6 nitrogen and oxygen atoms in total. The molecule has 0 unspecified atom stereocenters. The Morgan fingerprint density at radius 1 is 1.26 bits per heavy atom. The minimum absolute atomic E-state index is 0.00433. The lowest BCUT2D eigenvalue weighted by atomic mass is 10.2. The Bertz CT molecular complexity index is 757. The smallest absolute Gasteiger partial charge is 0.222 e. The van der Waals surface area contributed by atoms with Gasteiger partial charge in [0.2, 0.25) is 5.91 Å². The fourth-order valence-electron chi connectivity index (χ4n) is 2.66. The van der Waals surface area contributed by atoms with E-state index < -0.39 is 0 Å². The first-order valence-electron chi connectivity index (χ1n) is 9.10. The summed E-state index contributed by atoms with van der Waals surface area (Å²) in [4.78, 5) is 18.6. The number of rotatable bonds is 8. The average Bonchev–Trinajstić information content (AvgIpc) is 2.97. The molecule has 0 aliphatic carbocycles. The van der Waals surface area contributed by atoms with Gasteiger partial charge in [-0.15, -0.1) is 0 Å². The lowest BCUT2D eigenvalue weighted by Crippen LogP contribution is -2.39. The minimum atomic E-state index is -0.00433. The lowest BCUT2D eigenvalue weighted by Gasteiger charge is -2.22. The minimum Gasteiger partial charge on any atom is -0.357 e. The Morgan fingerprint density at radius 3 is 2.63 bits per heavy atom. The molecule has 1 heterocycles. The molecule has 0 bridgehead atoms. The summed E-state index contributed by atoms with van der Waals surface area (Å²) in [7, 11) is 3.94. The van der Waals surface area contributed by atoms with Crippen molar-refractivity contribution in [1.29, 1.82) is 0 Å². The molecular formula is C20H28ClN5O. The van der Waals surface area contributed by atoms with Gasteiger partial charge in [-0.2, -0.15) is 0 Å². The number of nitrogens with zero attached hydrogens (tertiary/aromatic N) is 3. The van der Waals surface area contributed by atoms with Crippen LogP contribution in [0.15, 0.2) is 47.6 Å². The van der Waals surface area contributed by atoms with E-state index in [-0.39, 0.29) is 5.91 Å².